The highest BCUT2D eigenvalue weighted by atomic mass is 16.7. The molecule has 15 heavy (non-hydrogen) atoms. The van der Waals surface area contributed by atoms with Crippen LogP contribution in [0.1, 0.15) is 11.7 Å². The molecule has 82 valence electrons. The van der Waals surface area contributed by atoms with E-state index in [0.29, 0.717) is 13.2 Å². The van der Waals surface area contributed by atoms with Gasteiger partial charge in [-0.15, -0.1) is 0 Å². The van der Waals surface area contributed by atoms with Gasteiger partial charge in [0.1, 0.15) is 11.9 Å². The minimum atomic E-state index is -0.277. The number of methoxy groups -OCH3 is 1. The summed E-state index contributed by atoms with van der Waals surface area (Å²) in [6, 6.07) is 7.79. The Labute approximate surface area is 88.9 Å². The van der Waals surface area contributed by atoms with E-state index in [9.17, 15) is 0 Å². The van der Waals surface area contributed by atoms with Crippen molar-refractivity contribution in [3.05, 3.63) is 29.8 Å². The molecule has 1 aromatic rings. The van der Waals surface area contributed by atoms with Crippen molar-refractivity contribution in [2.45, 2.75) is 12.4 Å². The molecule has 4 nitrogen and oxygen atoms in total. The van der Waals surface area contributed by atoms with Gasteiger partial charge in [-0.05, 0) is 17.7 Å². The highest BCUT2D eigenvalue weighted by Crippen LogP contribution is 2.28. The molecule has 0 saturated carbocycles. The third-order valence-electron chi connectivity index (χ3n) is 2.41. The smallest absolute Gasteiger partial charge is 0.170 e. The Hall–Kier alpha value is -1.10. The third-order valence-corrected chi connectivity index (χ3v) is 2.41. The fourth-order valence-electron chi connectivity index (χ4n) is 1.60. The van der Waals surface area contributed by atoms with Crippen molar-refractivity contribution in [1.29, 1.82) is 0 Å². The van der Waals surface area contributed by atoms with Crippen LogP contribution in [0.15, 0.2) is 24.3 Å². The normalized spacial score (nSPS) is 25.5. The Kier molecular flexibility index (Phi) is 3.20. The summed E-state index contributed by atoms with van der Waals surface area (Å²) in [5, 5.41) is 0. The molecule has 2 unspecified atom stereocenters. The number of benzene rings is 1. The lowest BCUT2D eigenvalue weighted by Crippen LogP contribution is -2.20. The molecule has 0 aromatic heterocycles. The summed E-state index contributed by atoms with van der Waals surface area (Å²) in [5.74, 6) is 0.826. The van der Waals surface area contributed by atoms with E-state index in [1.165, 1.54) is 0 Å². The molecule has 2 N–H and O–H groups in total. The standard InChI is InChI=1S/C11H15NO3/c1-13-9-4-2-3-8(5-9)10-7-14-11(6-12)15-10/h2-5,10-11H,6-7,12H2,1H3. The van der Waals surface area contributed by atoms with Crippen LogP contribution in [0, 0.1) is 0 Å². The van der Waals surface area contributed by atoms with Crippen LogP contribution >= 0.6 is 0 Å². The molecule has 1 fully saturated rings. The second-order valence-corrected chi connectivity index (χ2v) is 3.40. The quantitative estimate of drug-likeness (QED) is 0.809. The third kappa shape index (κ3) is 2.28. The van der Waals surface area contributed by atoms with Crippen LogP contribution in [0.5, 0.6) is 5.75 Å². The lowest BCUT2D eigenvalue weighted by Gasteiger charge is -2.10. The van der Waals surface area contributed by atoms with E-state index < -0.39 is 0 Å². The molecule has 1 heterocycles. The summed E-state index contributed by atoms with van der Waals surface area (Å²) in [7, 11) is 1.65. The van der Waals surface area contributed by atoms with Crippen molar-refractivity contribution >= 4 is 0 Å². The van der Waals surface area contributed by atoms with Crippen molar-refractivity contribution in [3.63, 3.8) is 0 Å². The van der Waals surface area contributed by atoms with Gasteiger partial charge in [-0.2, -0.15) is 0 Å². The zero-order valence-electron chi connectivity index (χ0n) is 8.68. The zero-order valence-corrected chi connectivity index (χ0v) is 8.68. The lowest BCUT2D eigenvalue weighted by atomic mass is 10.1. The van der Waals surface area contributed by atoms with Crippen LogP contribution in [0.3, 0.4) is 0 Å². The molecular weight excluding hydrogens is 194 g/mol. The highest BCUT2D eigenvalue weighted by molar-refractivity contribution is 5.30. The number of hydrogen-bond donors (Lipinski definition) is 1. The van der Waals surface area contributed by atoms with Gasteiger partial charge in [0.15, 0.2) is 6.29 Å². The van der Waals surface area contributed by atoms with Crippen molar-refractivity contribution in [2.75, 3.05) is 20.3 Å². The molecule has 1 aromatic carbocycles. The molecule has 0 aliphatic carbocycles. The van der Waals surface area contributed by atoms with Crippen LogP contribution < -0.4 is 10.5 Å². The van der Waals surface area contributed by atoms with Crippen molar-refractivity contribution in [1.82, 2.24) is 0 Å². The SMILES string of the molecule is COc1cccc(C2COC(CN)O2)c1. The molecule has 0 spiro atoms. The molecule has 0 amide bonds. The predicted molar refractivity (Wildman–Crippen MR) is 55.6 cm³/mol. The summed E-state index contributed by atoms with van der Waals surface area (Å²) in [6.07, 6.45) is -0.310. The van der Waals surface area contributed by atoms with Crippen LogP contribution in [-0.2, 0) is 9.47 Å². The summed E-state index contributed by atoms with van der Waals surface area (Å²) >= 11 is 0. The van der Waals surface area contributed by atoms with Gasteiger partial charge in [0, 0.05) is 6.54 Å². The number of nitrogens with two attached hydrogens (primary N) is 1. The van der Waals surface area contributed by atoms with E-state index in [1.54, 1.807) is 7.11 Å². The van der Waals surface area contributed by atoms with Gasteiger partial charge in [0.05, 0.1) is 13.7 Å². The summed E-state index contributed by atoms with van der Waals surface area (Å²) in [5.41, 5.74) is 6.52. The predicted octanol–water partition coefficient (Wildman–Crippen LogP) is 1.07. The van der Waals surface area contributed by atoms with E-state index in [4.69, 9.17) is 19.9 Å². The van der Waals surface area contributed by atoms with Crippen molar-refractivity contribution < 1.29 is 14.2 Å². The maximum Gasteiger partial charge on any atom is 0.170 e. The number of rotatable bonds is 3. The summed E-state index contributed by atoms with van der Waals surface area (Å²) in [4.78, 5) is 0. The van der Waals surface area contributed by atoms with Crippen LogP contribution in [0.25, 0.3) is 0 Å². The maximum atomic E-state index is 5.59. The monoisotopic (exact) mass is 209 g/mol. The Morgan fingerprint density at radius 1 is 1.53 bits per heavy atom. The van der Waals surface area contributed by atoms with Gasteiger partial charge in [-0.1, -0.05) is 12.1 Å². The van der Waals surface area contributed by atoms with Crippen LogP contribution in [0.2, 0.25) is 0 Å². The van der Waals surface area contributed by atoms with Crippen molar-refractivity contribution in [3.8, 4) is 5.75 Å². The Bertz CT molecular complexity index is 329. The first kappa shape index (κ1) is 10.4. The van der Waals surface area contributed by atoms with Gasteiger partial charge >= 0.3 is 0 Å². The number of hydrogen-bond acceptors (Lipinski definition) is 4. The molecule has 1 aliphatic heterocycles. The Balaban J connectivity index is 2.09. The van der Waals surface area contributed by atoms with E-state index in [1.807, 2.05) is 24.3 Å². The summed E-state index contributed by atoms with van der Waals surface area (Å²) in [6.45, 7) is 0.940. The Morgan fingerprint density at radius 3 is 3.07 bits per heavy atom. The molecule has 2 rings (SSSR count). The molecule has 2 atom stereocenters. The second-order valence-electron chi connectivity index (χ2n) is 3.40. The molecule has 1 aliphatic rings. The fourth-order valence-corrected chi connectivity index (χ4v) is 1.60. The first-order valence-electron chi connectivity index (χ1n) is 4.94. The van der Waals surface area contributed by atoms with E-state index in [0.717, 1.165) is 11.3 Å². The second kappa shape index (κ2) is 4.61. The average molecular weight is 209 g/mol. The summed E-state index contributed by atoms with van der Waals surface area (Å²) < 4.78 is 16.1. The first-order valence-corrected chi connectivity index (χ1v) is 4.94. The van der Waals surface area contributed by atoms with Gasteiger partial charge in [-0.3, -0.25) is 0 Å². The topological polar surface area (TPSA) is 53.7 Å². The van der Waals surface area contributed by atoms with Crippen molar-refractivity contribution in [2.24, 2.45) is 5.73 Å². The minimum absolute atomic E-state index is 0.0337. The molecule has 0 bridgehead atoms. The molecular formula is C11H15NO3. The Morgan fingerprint density at radius 2 is 2.40 bits per heavy atom. The highest BCUT2D eigenvalue weighted by Gasteiger charge is 2.26. The zero-order chi connectivity index (χ0) is 10.7. The van der Waals surface area contributed by atoms with E-state index in [-0.39, 0.29) is 12.4 Å². The average Bonchev–Trinajstić information content (AvgIpc) is 2.78. The van der Waals surface area contributed by atoms with Crippen LogP contribution in [-0.4, -0.2) is 26.6 Å². The van der Waals surface area contributed by atoms with Gasteiger partial charge < -0.3 is 19.9 Å². The van der Waals surface area contributed by atoms with E-state index in [2.05, 4.69) is 0 Å². The lowest BCUT2D eigenvalue weighted by molar-refractivity contribution is -0.0497. The maximum absolute atomic E-state index is 5.59. The molecule has 4 heteroatoms. The van der Waals surface area contributed by atoms with E-state index >= 15 is 0 Å². The van der Waals surface area contributed by atoms with Gasteiger partial charge in [0.2, 0.25) is 0 Å². The molecule has 1 saturated heterocycles. The van der Waals surface area contributed by atoms with Gasteiger partial charge in [0.25, 0.3) is 0 Å². The minimum Gasteiger partial charge on any atom is -0.497 e. The number of ether oxygens (including phenoxy) is 3. The largest absolute Gasteiger partial charge is 0.497 e. The molecule has 0 radical (unpaired) electrons. The van der Waals surface area contributed by atoms with Gasteiger partial charge in [-0.25, -0.2) is 0 Å². The van der Waals surface area contributed by atoms with Crippen LogP contribution in [0.4, 0.5) is 0 Å². The fraction of sp³-hybridized carbons (Fsp3) is 0.455. The first-order chi connectivity index (χ1) is 7.33.